The van der Waals surface area contributed by atoms with Crippen LogP contribution in [0, 0.1) is 0 Å². The van der Waals surface area contributed by atoms with Crippen molar-refractivity contribution >= 4 is 11.3 Å². The first-order valence-electron chi connectivity index (χ1n) is 4.81. The molecule has 0 spiro atoms. The van der Waals surface area contributed by atoms with Gasteiger partial charge in [0.25, 0.3) is 0 Å². The van der Waals surface area contributed by atoms with Crippen LogP contribution in [0.3, 0.4) is 0 Å². The third kappa shape index (κ3) is 2.30. The van der Waals surface area contributed by atoms with E-state index in [9.17, 15) is 0 Å². The summed E-state index contributed by atoms with van der Waals surface area (Å²) in [6, 6.07) is 0. The largest absolute Gasteiger partial charge is 0.379 e. The molecule has 14 heavy (non-hydrogen) atoms. The summed E-state index contributed by atoms with van der Waals surface area (Å²) < 4.78 is 5.30. The van der Waals surface area contributed by atoms with Crippen molar-refractivity contribution in [2.75, 3.05) is 26.3 Å². The van der Waals surface area contributed by atoms with E-state index in [1.165, 1.54) is 4.88 Å². The van der Waals surface area contributed by atoms with Crippen LogP contribution in [0.4, 0.5) is 0 Å². The van der Waals surface area contributed by atoms with E-state index in [4.69, 9.17) is 10.5 Å². The fourth-order valence-corrected chi connectivity index (χ4v) is 2.39. The summed E-state index contributed by atoms with van der Waals surface area (Å²) in [7, 11) is 0. The van der Waals surface area contributed by atoms with Crippen LogP contribution in [0.2, 0.25) is 0 Å². The molecule has 0 saturated carbocycles. The number of hydrogen-bond donors (Lipinski definition) is 1. The Labute approximate surface area is 87.7 Å². The van der Waals surface area contributed by atoms with Gasteiger partial charge in [-0.25, -0.2) is 4.98 Å². The summed E-state index contributed by atoms with van der Waals surface area (Å²) in [4.78, 5) is 7.92. The van der Waals surface area contributed by atoms with Crippen molar-refractivity contribution in [1.82, 2.24) is 9.88 Å². The van der Waals surface area contributed by atoms with Crippen LogP contribution in [0.15, 0.2) is 5.51 Å². The molecule has 0 bridgehead atoms. The Kier molecular flexibility index (Phi) is 3.47. The van der Waals surface area contributed by atoms with Gasteiger partial charge < -0.3 is 10.5 Å². The Morgan fingerprint density at radius 3 is 3.00 bits per heavy atom. The second-order valence-electron chi connectivity index (χ2n) is 3.31. The highest BCUT2D eigenvalue weighted by molar-refractivity contribution is 7.09. The summed E-state index contributed by atoms with van der Waals surface area (Å²) in [5.41, 5.74) is 8.52. The van der Waals surface area contributed by atoms with E-state index >= 15 is 0 Å². The van der Waals surface area contributed by atoms with Crippen LogP contribution in [0.1, 0.15) is 10.6 Å². The maximum atomic E-state index is 5.60. The summed E-state index contributed by atoms with van der Waals surface area (Å²) >= 11 is 1.69. The molecule has 78 valence electrons. The second-order valence-corrected chi connectivity index (χ2v) is 4.25. The van der Waals surface area contributed by atoms with Gasteiger partial charge in [0.05, 0.1) is 24.4 Å². The molecule has 2 N–H and O–H groups in total. The summed E-state index contributed by atoms with van der Waals surface area (Å²) in [5.74, 6) is 0. The van der Waals surface area contributed by atoms with Crippen molar-refractivity contribution in [3.63, 3.8) is 0 Å². The molecule has 5 heteroatoms. The van der Waals surface area contributed by atoms with E-state index in [2.05, 4.69) is 9.88 Å². The van der Waals surface area contributed by atoms with E-state index < -0.39 is 0 Å². The Morgan fingerprint density at radius 2 is 2.29 bits per heavy atom. The molecular weight excluding hydrogens is 198 g/mol. The third-order valence-electron chi connectivity index (χ3n) is 2.39. The average Bonchev–Trinajstić information content (AvgIpc) is 2.67. The van der Waals surface area contributed by atoms with Crippen molar-refractivity contribution in [2.45, 2.75) is 13.1 Å². The van der Waals surface area contributed by atoms with Crippen LogP contribution in [0.5, 0.6) is 0 Å². The minimum atomic E-state index is 0.545. The molecule has 1 aromatic heterocycles. The van der Waals surface area contributed by atoms with Crippen molar-refractivity contribution in [1.29, 1.82) is 0 Å². The Morgan fingerprint density at radius 1 is 1.50 bits per heavy atom. The van der Waals surface area contributed by atoms with Crippen LogP contribution in [-0.4, -0.2) is 36.2 Å². The first-order valence-corrected chi connectivity index (χ1v) is 5.69. The molecule has 2 heterocycles. The molecule has 2 rings (SSSR count). The number of nitrogens with zero attached hydrogens (tertiary/aromatic N) is 2. The van der Waals surface area contributed by atoms with Crippen molar-refractivity contribution in [3.8, 4) is 0 Å². The number of thiazole rings is 1. The molecule has 0 unspecified atom stereocenters. The predicted molar refractivity (Wildman–Crippen MR) is 56.1 cm³/mol. The maximum Gasteiger partial charge on any atom is 0.0798 e. The highest BCUT2D eigenvalue weighted by Gasteiger charge is 2.13. The van der Waals surface area contributed by atoms with Crippen molar-refractivity contribution in [3.05, 3.63) is 16.1 Å². The van der Waals surface area contributed by atoms with Gasteiger partial charge in [-0.3, -0.25) is 4.90 Å². The maximum absolute atomic E-state index is 5.60. The Balaban J connectivity index is 1.95. The lowest BCUT2D eigenvalue weighted by atomic mass is 10.3. The number of aromatic nitrogens is 1. The molecule has 1 aromatic rings. The molecule has 1 aliphatic heterocycles. The fourth-order valence-electron chi connectivity index (χ4n) is 1.55. The van der Waals surface area contributed by atoms with Gasteiger partial charge >= 0.3 is 0 Å². The fraction of sp³-hybridized carbons (Fsp3) is 0.667. The van der Waals surface area contributed by atoms with Crippen LogP contribution in [-0.2, 0) is 17.8 Å². The second kappa shape index (κ2) is 4.84. The zero-order valence-corrected chi connectivity index (χ0v) is 8.92. The van der Waals surface area contributed by atoms with E-state index in [1.54, 1.807) is 11.3 Å². The summed E-state index contributed by atoms with van der Waals surface area (Å²) in [6.45, 7) is 5.24. The van der Waals surface area contributed by atoms with E-state index in [0.717, 1.165) is 38.5 Å². The normalized spacial score (nSPS) is 18.6. The molecule has 0 radical (unpaired) electrons. The average molecular weight is 213 g/mol. The first-order chi connectivity index (χ1) is 6.90. The van der Waals surface area contributed by atoms with Crippen LogP contribution >= 0.6 is 11.3 Å². The van der Waals surface area contributed by atoms with Crippen molar-refractivity contribution in [2.24, 2.45) is 5.73 Å². The quantitative estimate of drug-likeness (QED) is 0.791. The van der Waals surface area contributed by atoms with Gasteiger partial charge in [0.15, 0.2) is 0 Å². The molecule has 1 aliphatic rings. The van der Waals surface area contributed by atoms with E-state index in [0.29, 0.717) is 6.54 Å². The van der Waals surface area contributed by atoms with Gasteiger partial charge in [-0.05, 0) is 0 Å². The number of nitrogens with two attached hydrogens (primary N) is 1. The number of hydrogen-bond acceptors (Lipinski definition) is 5. The van der Waals surface area contributed by atoms with Crippen LogP contribution < -0.4 is 5.73 Å². The molecule has 1 fully saturated rings. The molecule has 0 aromatic carbocycles. The van der Waals surface area contributed by atoms with Gasteiger partial charge in [0.2, 0.25) is 0 Å². The highest BCUT2D eigenvalue weighted by Crippen LogP contribution is 2.16. The Bertz CT molecular complexity index is 283. The van der Waals surface area contributed by atoms with E-state index in [1.807, 2.05) is 5.51 Å². The minimum absolute atomic E-state index is 0.545. The zero-order valence-electron chi connectivity index (χ0n) is 8.11. The molecule has 4 nitrogen and oxygen atoms in total. The zero-order chi connectivity index (χ0) is 9.80. The number of rotatable bonds is 3. The lowest BCUT2D eigenvalue weighted by molar-refractivity contribution is 0.0345. The molecule has 0 atom stereocenters. The van der Waals surface area contributed by atoms with Crippen LogP contribution in [0.25, 0.3) is 0 Å². The third-order valence-corrected chi connectivity index (χ3v) is 3.25. The SMILES string of the molecule is NCc1ncsc1CN1CCOCC1. The monoisotopic (exact) mass is 213 g/mol. The predicted octanol–water partition coefficient (Wildman–Crippen LogP) is 0.434. The van der Waals surface area contributed by atoms with Gasteiger partial charge in [-0.15, -0.1) is 11.3 Å². The summed E-state index contributed by atoms with van der Waals surface area (Å²) in [5, 5.41) is 0. The first kappa shape index (κ1) is 10.0. The van der Waals surface area contributed by atoms with Gasteiger partial charge in [0, 0.05) is 31.1 Å². The molecule has 0 aliphatic carbocycles. The van der Waals surface area contributed by atoms with Gasteiger partial charge in [0.1, 0.15) is 0 Å². The highest BCUT2D eigenvalue weighted by atomic mass is 32.1. The standard InChI is InChI=1S/C9H15N3OS/c10-5-8-9(14-7-11-8)6-12-1-3-13-4-2-12/h7H,1-6,10H2. The molecular formula is C9H15N3OS. The van der Waals surface area contributed by atoms with E-state index in [-0.39, 0.29) is 0 Å². The number of morpholine rings is 1. The Hall–Kier alpha value is -0.490. The van der Waals surface area contributed by atoms with Gasteiger partial charge in [-0.2, -0.15) is 0 Å². The molecule has 1 saturated heterocycles. The lowest BCUT2D eigenvalue weighted by Crippen LogP contribution is -2.35. The topological polar surface area (TPSA) is 51.4 Å². The molecule has 0 amide bonds. The minimum Gasteiger partial charge on any atom is -0.379 e. The van der Waals surface area contributed by atoms with Gasteiger partial charge in [-0.1, -0.05) is 0 Å². The number of ether oxygens (including phenoxy) is 1. The smallest absolute Gasteiger partial charge is 0.0798 e. The summed E-state index contributed by atoms with van der Waals surface area (Å²) in [6.07, 6.45) is 0. The van der Waals surface area contributed by atoms with Crippen molar-refractivity contribution < 1.29 is 4.74 Å². The lowest BCUT2D eigenvalue weighted by Gasteiger charge is -2.26.